The standard InChI is InChI=1S/C21H18FNO5S/c1-27-20(25)16(10-13-6-3-2-4-7-13)23-19(24)12-28-21(26)18-11-14-15(22)8-5-9-17(14)29-18/h2-9,11,16H,10,12H2,1H3,(H,23,24). The number of hydrogen-bond donors (Lipinski definition) is 1. The van der Waals surface area contributed by atoms with Gasteiger partial charge in [0.15, 0.2) is 6.61 Å². The smallest absolute Gasteiger partial charge is 0.348 e. The van der Waals surface area contributed by atoms with Crippen LogP contribution in [0.3, 0.4) is 0 Å². The van der Waals surface area contributed by atoms with Crippen molar-refractivity contribution < 1.29 is 28.2 Å². The molecule has 0 saturated heterocycles. The molecule has 1 unspecified atom stereocenters. The molecule has 0 radical (unpaired) electrons. The van der Waals surface area contributed by atoms with E-state index >= 15 is 0 Å². The number of fused-ring (bicyclic) bond motifs is 1. The first kappa shape index (κ1) is 20.5. The second-order valence-corrected chi connectivity index (χ2v) is 7.26. The zero-order valence-corrected chi connectivity index (χ0v) is 16.3. The van der Waals surface area contributed by atoms with Gasteiger partial charge in [-0.05, 0) is 23.8 Å². The predicted molar refractivity (Wildman–Crippen MR) is 106 cm³/mol. The van der Waals surface area contributed by atoms with Gasteiger partial charge in [-0.25, -0.2) is 14.0 Å². The normalized spacial score (nSPS) is 11.7. The average molecular weight is 415 g/mol. The maximum absolute atomic E-state index is 13.8. The number of methoxy groups -OCH3 is 1. The molecule has 8 heteroatoms. The minimum atomic E-state index is -0.910. The van der Waals surface area contributed by atoms with Crippen LogP contribution in [0.2, 0.25) is 0 Å². The molecule has 0 fully saturated rings. The molecule has 3 aromatic rings. The number of amides is 1. The molecule has 1 N–H and O–H groups in total. The van der Waals surface area contributed by atoms with E-state index < -0.39 is 36.3 Å². The fraction of sp³-hybridized carbons (Fsp3) is 0.190. The van der Waals surface area contributed by atoms with Crippen LogP contribution in [0.15, 0.2) is 54.6 Å². The molecular formula is C21H18FNO5S. The lowest BCUT2D eigenvalue weighted by Crippen LogP contribution is -2.44. The third-order valence-corrected chi connectivity index (χ3v) is 5.23. The van der Waals surface area contributed by atoms with Gasteiger partial charge in [0.05, 0.1) is 7.11 Å². The van der Waals surface area contributed by atoms with E-state index in [1.54, 1.807) is 12.1 Å². The van der Waals surface area contributed by atoms with Crippen LogP contribution >= 0.6 is 11.3 Å². The molecule has 3 rings (SSSR count). The fourth-order valence-electron chi connectivity index (χ4n) is 2.75. The first-order valence-electron chi connectivity index (χ1n) is 8.74. The molecule has 29 heavy (non-hydrogen) atoms. The quantitative estimate of drug-likeness (QED) is 0.600. The summed E-state index contributed by atoms with van der Waals surface area (Å²) >= 11 is 1.08. The summed E-state index contributed by atoms with van der Waals surface area (Å²) in [5.41, 5.74) is 0.840. The van der Waals surface area contributed by atoms with Gasteiger partial charge in [-0.3, -0.25) is 4.79 Å². The molecule has 2 aromatic carbocycles. The van der Waals surface area contributed by atoms with Crippen LogP contribution in [0, 0.1) is 5.82 Å². The van der Waals surface area contributed by atoms with Gasteiger partial charge in [-0.2, -0.15) is 0 Å². The molecule has 0 aliphatic carbocycles. The Kier molecular flexibility index (Phi) is 6.56. The summed E-state index contributed by atoms with van der Waals surface area (Å²) in [5.74, 6) is -2.42. The van der Waals surface area contributed by atoms with E-state index in [0.717, 1.165) is 16.9 Å². The Morgan fingerprint density at radius 3 is 2.55 bits per heavy atom. The highest BCUT2D eigenvalue weighted by Crippen LogP contribution is 2.28. The Labute approximate surface area is 170 Å². The molecule has 1 heterocycles. The summed E-state index contributed by atoms with van der Waals surface area (Å²) in [5, 5.41) is 2.83. The highest BCUT2D eigenvalue weighted by atomic mass is 32.1. The Morgan fingerprint density at radius 2 is 1.86 bits per heavy atom. The maximum atomic E-state index is 13.8. The number of carbonyl (C=O) groups excluding carboxylic acids is 3. The van der Waals surface area contributed by atoms with E-state index in [4.69, 9.17) is 9.47 Å². The van der Waals surface area contributed by atoms with E-state index in [-0.39, 0.29) is 11.3 Å². The summed E-state index contributed by atoms with van der Waals surface area (Å²) in [4.78, 5) is 36.5. The monoisotopic (exact) mass is 415 g/mol. The largest absolute Gasteiger partial charge is 0.467 e. The molecular weight excluding hydrogens is 397 g/mol. The van der Waals surface area contributed by atoms with Crippen molar-refractivity contribution in [1.82, 2.24) is 5.32 Å². The second kappa shape index (κ2) is 9.29. The van der Waals surface area contributed by atoms with Crippen molar-refractivity contribution in [1.29, 1.82) is 0 Å². The Balaban J connectivity index is 1.59. The van der Waals surface area contributed by atoms with Crippen molar-refractivity contribution in [3.05, 3.63) is 70.9 Å². The topological polar surface area (TPSA) is 81.7 Å². The van der Waals surface area contributed by atoms with Crippen LogP contribution in [0.5, 0.6) is 0 Å². The van der Waals surface area contributed by atoms with Gasteiger partial charge in [-0.1, -0.05) is 36.4 Å². The summed E-state index contributed by atoms with van der Waals surface area (Å²) in [6, 6.07) is 14.2. The number of esters is 2. The Bertz CT molecular complexity index is 1030. The lowest BCUT2D eigenvalue weighted by atomic mass is 10.1. The van der Waals surface area contributed by atoms with Crippen molar-refractivity contribution in [2.45, 2.75) is 12.5 Å². The molecule has 0 bridgehead atoms. The minimum Gasteiger partial charge on any atom is -0.467 e. The van der Waals surface area contributed by atoms with Crippen molar-refractivity contribution >= 4 is 39.3 Å². The number of halogens is 1. The fourth-order valence-corrected chi connectivity index (χ4v) is 3.72. The average Bonchev–Trinajstić information content (AvgIpc) is 3.17. The first-order chi connectivity index (χ1) is 14.0. The SMILES string of the molecule is COC(=O)C(Cc1ccccc1)NC(=O)COC(=O)c1cc2c(F)cccc2s1. The Morgan fingerprint density at radius 1 is 1.10 bits per heavy atom. The van der Waals surface area contributed by atoms with Crippen LogP contribution in [0.4, 0.5) is 4.39 Å². The zero-order chi connectivity index (χ0) is 20.8. The lowest BCUT2D eigenvalue weighted by Gasteiger charge is -2.16. The number of ether oxygens (including phenoxy) is 2. The number of carbonyl (C=O) groups is 3. The van der Waals surface area contributed by atoms with Crippen LogP contribution < -0.4 is 5.32 Å². The summed E-state index contributed by atoms with van der Waals surface area (Å²) in [7, 11) is 1.23. The number of benzene rings is 2. The lowest BCUT2D eigenvalue weighted by molar-refractivity contribution is -0.145. The summed E-state index contributed by atoms with van der Waals surface area (Å²) < 4.78 is 24.1. The molecule has 0 aliphatic rings. The van der Waals surface area contributed by atoms with Crippen LogP contribution in [-0.4, -0.2) is 37.6 Å². The molecule has 1 aromatic heterocycles. The van der Waals surface area contributed by atoms with Crippen molar-refractivity contribution in [2.75, 3.05) is 13.7 Å². The molecule has 0 spiro atoms. The van der Waals surface area contributed by atoms with E-state index in [1.807, 2.05) is 30.3 Å². The number of rotatable bonds is 7. The molecule has 1 amide bonds. The van der Waals surface area contributed by atoms with Gasteiger partial charge < -0.3 is 14.8 Å². The van der Waals surface area contributed by atoms with Crippen molar-refractivity contribution in [2.24, 2.45) is 0 Å². The van der Waals surface area contributed by atoms with Gasteiger partial charge in [0.2, 0.25) is 0 Å². The van der Waals surface area contributed by atoms with E-state index in [0.29, 0.717) is 10.1 Å². The van der Waals surface area contributed by atoms with E-state index in [2.05, 4.69) is 5.32 Å². The molecule has 0 aliphatic heterocycles. The van der Waals surface area contributed by atoms with Gasteiger partial charge >= 0.3 is 11.9 Å². The number of hydrogen-bond acceptors (Lipinski definition) is 6. The maximum Gasteiger partial charge on any atom is 0.348 e. The van der Waals surface area contributed by atoms with Crippen molar-refractivity contribution in [3.63, 3.8) is 0 Å². The molecule has 1 atom stereocenters. The first-order valence-corrected chi connectivity index (χ1v) is 9.56. The van der Waals surface area contributed by atoms with Crippen LogP contribution in [0.1, 0.15) is 15.2 Å². The van der Waals surface area contributed by atoms with Gasteiger partial charge in [-0.15, -0.1) is 11.3 Å². The van der Waals surface area contributed by atoms with Gasteiger partial charge in [0, 0.05) is 16.5 Å². The van der Waals surface area contributed by atoms with Crippen LogP contribution in [0.25, 0.3) is 10.1 Å². The molecule has 150 valence electrons. The highest BCUT2D eigenvalue weighted by Gasteiger charge is 2.23. The zero-order valence-electron chi connectivity index (χ0n) is 15.5. The summed E-state index contributed by atoms with van der Waals surface area (Å²) in [6.45, 7) is -0.572. The molecule has 0 saturated carbocycles. The number of nitrogens with one attached hydrogen (secondary N) is 1. The second-order valence-electron chi connectivity index (χ2n) is 6.17. The van der Waals surface area contributed by atoms with Crippen LogP contribution in [-0.2, 0) is 25.5 Å². The number of thiophene rings is 1. The van der Waals surface area contributed by atoms with Crippen molar-refractivity contribution in [3.8, 4) is 0 Å². The summed E-state index contributed by atoms with van der Waals surface area (Å²) in [6.07, 6.45) is 0.239. The van der Waals surface area contributed by atoms with Gasteiger partial charge in [0.1, 0.15) is 16.7 Å². The van der Waals surface area contributed by atoms with E-state index in [9.17, 15) is 18.8 Å². The van der Waals surface area contributed by atoms with E-state index in [1.165, 1.54) is 19.2 Å². The predicted octanol–water partition coefficient (Wildman–Crippen LogP) is 3.10. The third-order valence-electron chi connectivity index (χ3n) is 4.15. The minimum absolute atomic E-state index is 0.187. The molecule has 6 nitrogen and oxygen atoms in total. The Hall–Kier alpha value is -3.26. The third kappa shape index (κ3) is 5.17. The van der Waals surface area contributed by atoms with Gasteiger partial charge in [0.25, 0.3) is 5.91 Å². The highest BCUT2D eigenvalue weighted by molar-refractivity contribution is 7.20.